The van der Waals surface area contributed by atoms with E-state index in [1.54, 1.807) is 66.8 Å². The van der Waals surface area contributed by atoms with Crippen LogP contribution in [-0.4, -0.2) is 57.3 Å². The molecule has 12 nitrogen and oxygen atoms in total. The second-order valence-electron chi connectivity index (χ2n) is 11.8. The lowest BCUT2D eigenvalue weighted by molar-refractivity contribution is 0.0659. The van der Waals surface area contributed by atoms with E-state index in [0.29, 0.717) is 34.2 Å². The SMILES string of the molecule is COc1c(NC(=O)c2ccc(C)c(-n3cc(-c4cnc(C(C)(C)O)n4C)nn3)c2)cc(C(C)(C)C)cc1NS(C)(=O)=O. The van der Waals surface area contributed by atoms with Crippen LogP contribution < -0.4 is 14.8 Å². The molecule has 224 valence electrons. The number of anilines is 2. The first-order chi connectivity index (χ1) is 19.4. The fourth-order valence-electron chi connectivity index (χ4n) is 4.56. The number of sulfonamides is 1. The lowest BCUT2D eigenvalue weighted by atomic mass is 9.86. The van der Waals surface area contributed by atoms with Gasteiger partial charge in [0, 0.05) is 12.6 Å². The van der Waals surface area contributed by atoms with Gasteiger partial charge in [-0.3, -0.25) is 9.52 Å². The molecule has 2 aromatic heterocycles. The van der Waals surface area contributed by atoms with Crippen molar-refractivity contribution in [3.05, 3.63) is 65.2 Å². The van der Waals surface area contributed by atoms with Crippen LogP contribution in [0.3, 0.4) is 0 Å². The summed E-state index contributed by atoms with van der Waals surface area (Å²) in [6, 6.07) is 8.68. The van der Waals surface area contributed by atoms with Gasteiger partial charge in [-0.05, 0) is 61.6 Å². The average Bonchev–Trinajstić information content (AvgIpc) is 3.49. The Morgan fingerprint density at radius 3 is 2.31 bits per heavy atom. The standard InChI is InChI=1S/C29H37N7O5S/c1-17-10-11-18(12-23(17)36-16-22(32-34-36)24-15-30-27(35(24)7)29(5,6)38)26(37)31-20-13-19(28(2,3)4)14-21(25(20)41-8)33-42(9,39)40/h10-16,33,38H,1-9H3,(H,31,37). The Labute approximate surface area is 245 Å². The average molecular weight is 596 g/mol. The highest BCUT2D eigenvalue weighted by Gasteiger charge is 2.25. The molecule has 0 bridgehead atoms. The monoisotopic (exact) mass is 595 g/mol. The summed E-state index contributed by atoms with van der Waals surface area (Å²) in [6.07, 6.45) is 4.41. The van der Waals surface area contributed by atoms with Gasteiger partial charge in [0.2, 0.25) is 10.0 Å². The molecule has 1 amide bonds. The summed E-state index contributed by atoms with van der Waals surface area (Å²) < 4.78 is 35.5. The van der Waals surface area contributed by atoms with Crippen LogP contribution in [0.4, 0.5) is 11.4 Å². The van der Waals surface area contributed by atoms with Crippen LogP contribution in [-0.2, 0) is 28.1 Å². The molecule has 4 aromatic rings. The first kappa shape index (κ1) is 30.7. The van der Waals surface area contributed by atoms with Gasteiger partial charge >= 0.3 is 0 Å². The molecule has 3 N–H and O–H groups in total. The molecule has 13 heteroatoms. The normalized spacial score (nSPS) is 12.3. The Balaban J connectivity index is 1.70. The molecule has 0 unspecified atom stereocenters. The number of amides is 1. The van der Waals surface area contributed by atoms with Gasteiger partial charge in [0.1, 0.15) is 17.1 Å². The van der Waals surface area contributed by atoms with Gasteiger partial charge in [-0.1, -0.05) is 32.1 Å². The third-order valence-corrected chi connectivity index (χ3v) is 7.30. The summed E-state index contributed by atoms with van der Waals surface area (Å²) >= 11 is 0. The Morgan fingerprint density at radius 1 is 1.07 bits per heavy atom. The van der Waals surface area contributed by atoms with Crippen molar-refractivity contribution < 1.29 is 23.1 Å². The van der Waals surface area contributed by atoms with E-state index in [9.17, 15) is 18.3 Å². The summed E-state index contributed by atoms with van der Waals surface area (Å²) in [5, 5.41) is 21.9. The third-order valence-electron chi connectivity index (χ3n) is 6.71. The van der Waals surface area contributed by atoms with Crippen LogP contribution >= 0.6 is 0 Å². The van der Waals surface area contributed by atoms with E-state index >= 15 is 0 Å². The highest BCUT2D eigenvalue weighted by Crippen LogP contribution is 2.39. The van der Waals surface area contributed by atoms with Crippen LogP contribution in [0.1, 0.15) is 61.9 Å². The fourth-order valence-corrected chi connectivity index (χ4v) is 5.11. The zero-order chi connectivity index (χ0) is 31.2. The number of benzene rings is 2. The maximum atomic E-state index is 13.5. The number of methoxy groups -OCH3 is 1. The lowest BCUT2D eigenvalue weighted by Crippen LogP contribution is -2.21. The van der Waals surface area contributed by atoms with Gasteiger partial charge in [0.15, 0.2) is 5.75 Å². The van der Waals surface area contributed by atoms with Crippen LogP contribution in [0.25, 0.3) is 17.1 Å². The summed E-state index contributed by atoms with van der Waals surface area (Å²) in [5.41, 5.74) is 2.94. The van der Waals surface area contributed by atoms with Gasteiger partial charge < -0.3 is 19.7 Å². The Bertz CT molecular complexity index is 1760. The van der Waals surface area contributed by atoms with Crippen molar-refractivity contribution >= 4 is 27.3 Å². The molecule has 0 saturated carbocycles. The number of carbonyl (C=O) groups excluding carboxylic acids is 1. The number of nitrogens with one attached hydrogen (secondary N) is 2. The van der Waals surface area contributed by atoms with Crippen molar-refractivity contribution in [1.82, 2.24) is 24.5 Å². The number of aromatic nitrogens is 5. The number of carbonyl (C=O) groups is 1. The quantitative estimate of drug-likeness (QED) is 0.275. The number of aliphatic hydroxyl groups is 1. The first-order valence-electron chi connectivity index (χ1n) is 13.2. The predicted octanol–water partition coefficient (Wildman–Crippen LogP) is 4.13. The second kappa shape index (κ2) is 10.9. The van der Waals surface area contributed by atoms with E-state index in [2.05, 4.69) is 25.3 Å². The van der Waals surface area contributed by atoms with Crippen molar-refractivity contribution in [2.24, 2.45) is 7.05 Å². The molecular weight excluding hydrogens is 558 g/mol. The third kappa shape index (κ3) is 6.47. The van der Waals surface area contributed by atoms with Crippen molar-refractivity contribution in [2.45, 2.75) is 52.6 Å². The Morgan fingerprint density at radius 2 is 1.74 bits per heavy atom. The topological polar surface area (TPSA) is 153 Å². The van der Waals surface area contributed by atoms with Gasteiger partial charge in [-0.25, -0.2) is 18.1 Å². The molecule has 2 aromatic carbocycles. The summed E-state index contributed by atoms with van der Waals surface area (Å²) in [5.74, 6) is 0.257. The second-order valence-corrected chi connectivity index (χ2v) is 13.6. The van der Waals surface area contributed by atoms with Gasteiger partial charge in [-0.2, -0.15) is 0 Å². The molecule has 0 aliphatic heterocycles. The summed E-state index contributed by atoms with van der Waals surface area (Å²) in [6.45, 7) is 11.2. The van der Waals surface area contributed by atoms with E-state index < -0.39 is 21.5 Å². The zero-order valence-corrected chi connectivity index (χ0v) is 26.1. The number of hydrogen-bond donors (Lipinski definition) is 3. The molecule has 0 fully saturated rings. The van der Waals surface area contributed by atoms with E-state index in [-0.39, 0.29) is 16.9 Å². The molecular formula is C29H37N7O5S. The summed E-state index contributed by atoms with van der Waals surface area (Å²) in [7, 11) is -0.406. The molecule has 0 aliphatic carbocycles. The Kier molecular flexibility index (Phi) is 7.96. The molecule has 0 radical (unpaired) electrons. The number of rotatable bonds is 8. The van der Waals surface area contributed by atoms with Crippen molar-refractivity contribution in [2.75, 3.05) is 23.4 Å². The highest BCUT2D eigenvalue weighted by molar-refractivity contribution is 7.92. The van der Waals surface area contributed by atoms with E-state index in [0.717, 1.165) is 17.4 Å². The number of ether oxygens (including phenoxy) is 1. The van der Waals surface area contributed by atoms with E-state index in [1.807, 2.05) is 33.8 Å². The van der Waals surface area contributed by atoms with E-state index in [1.165, 1.54) is 7.11 Å². The minimum absolute atomic E-state index is 0.191. The summed E-state index contributed by atoms with van der Waals surface area (Å²) in [4.78, 5) is 17.9. The van der Waals surface area contributed by atoms with Gasteiger partial charge in [0.05, 0.1) is 48.5 Å². The molecule has 0 saturated heterocycles. The number of hydrogen-bond acceptors (Lipinski definition) is 8. The maximum Gasteiger partial charge on any atom is 0.255 e. The van der Waals surface area contributed by atoms with E-state index in [4.69, 9.17) is 4.74 Å². The minimum atomic E-state index is -3.61. The van der Waals surface area contributed by atoms with Gasteiger partial charge in [-0.15, -0.1) is 5.10 Å². The van der Waals surface area contributed by atoms with Crippen LogP contribution in [0.5, 0.6) is 5.75 Å². The largest absolute Gasteiger partial charge is 0.492 e. The lowest BCUT2D eigenvalue weighted by Gasteiger charge is -2.24. The molecule has 4 rings (SSSR count). The van der Waals surface area contributed by atoms with Crippen molar-refractivity contribution in [3.63, 3.8) is 0 Å². The maximum absolute atomic E-state index is 13.5. The fraction of sp³-hybridized carbons (Fsp3) is 0.379. The molecule has 0 aliphatic rings. The number of nitrogens with zero attached hydrogens (tertiary/aromatic N) is 5. The highest BCUT2D eigenvalue weighted by atomic mass is 32.2. The number of aryl methyl sites for hydroxylation is 1. The van der Waals surface area contributed by atoms with Gasteiger partial charge in [0.25, 0.3) is 5.91 Å². The first-order valence-corrected chi connectivity index (χ1v) is 15.1. The van der Waals surface area contributed by atoms with Crippen molar-refractivity contribution in [3.8, 4) is 22.8 Å². The Hall–Kier alpha value is -4.23. The van der Waals surface area contributed by atoms with Crippen LogP contribution in [0.15, 0.2) is 42.7 Å². The molecule has 42 heavy (non-hydrogen) atoms. The smallest absolute Gasteiger partial charge is 0.255 e. The number of imidazole rings is 1. The minimum Gasteiger partial charge on any atom is -0.492 e. The molecule has 0 spiro atoms. The predicted molar refractivity (Wildman–Crippen MR) is 162 cm³/mol. The molecule has 2 heterocycles. The van der Waals surface area contributed by atoms with Crippen LogP contribution in [0.2, 0.25) is 0 Å². The molecule has 0 atom stereocenters. The van der Waals surface area contributed by atoms with Crippen molar-refractivity contribution in [1.29, 1.82) is 0 Å². The zero-order valence-electron chi connectivity index (χ0n) is 25.3. The van der Waals surface area contributed by atoms with Crippen LogP contribution in [0, 0.1) is 6.92 Å².